The maximum Gasteiger partial charge on any atom is 0.122 e. The van der Waals surface area contributed by atoms with Gasteiger partial charge in [-0.1, -0.05) is 31.5 Å². The molecule has 3 heteroatoms. The van der Waals surface area contributed by atoms with Crippen molar-refractivity contribution in [1.29, 1.82) is 0 Å². The van der Waals surface area contributed by atoms with Crippen LogP contribution in [0.3, 0.4) is 0 Å². The van der Waals surface area contributed by atoms with Crippen LogP contribution in [0.4, 0.5) is 0 Å². The molecule has 3 nitrogen and oxygen atoms in total. The number of benzene rings is 1. The maximum absolute atomic E-state index is 8.56. The van der Waals surface area contributed by atoms with Crippen LogP contribution in [-0.2, 0) is 11.2 Å². The van der Waals surface area contributed by atoms with E-state index in [-0.39, 0.29) is 6.61 Å². The van der Waals surface area contributed by atoms with Gasteiger partial charge < -0.3 is 14.6 Å². The highest BCUT2D eigenvalue weighted by Crippen LogP contribution is 2.19. The van der Waals surface area contributed by atoms with Crippen molar-refractivity contribution in [3.8, 4) is 5.75 Å². The second-order valence-electron chi connectivity index (χ2n) is 3.90. The molecule has 0 aliphatic heterocycles. The van der Waals surface area contributed by atoms with Crippen LogP contribution >= 0.6 is 0 Å². The third kappa shape index (κ3) is 5.71. The lowest BCUT2D eigenvalue weighted by molar-refractivity contribution is 0.0703. The normalized spacial score (nSPS) is 10.5. The molecule has 0 saturated heterocycles. The Kier molecular flexibility index (Phi) is 7.43. The Morgan fingerprint density at radius 2 is 1.94 bits per heavy atom. The van der Waals surface area contributed by atoms with Gasteiger partial charge in [-0.3, -0.25) is 0 Å². The molecule has 0 unspecified atom stereocenters. The van der Waals surface area contributed by atoms with Gasteiger partial charge in [0, 0.05) is 0 Å². The number of aliphatic hydroxyl groups excluding tert-OH is 1. The van der Waals surface area contributed by atoms with Crippen LogP contribution in [0, 0.1) is 0 Å². The highest BCUT2D eigenvalue weighted by molar-refractivity contribution is 5.33. The minimum atomic E-state index is 0.0626. The SMILES string of the molecule is CCCCc1ccccc1OCCOCCO. The van der Waals surface area contributed by atoms with Gasteiger partial charge in [0.15, 0.2) is 0 Å². The molecular weight excluding hydrogens is 216 g/mol. The summed E-state index contributed by atoms with van der Waals surface area (Å²) in [5.41, 5.74) is 1.26. The third-order valence-corrected chi connectivity index (χ3v) is 2.49. The lowest BCUT2D eigenvalue weighted by Crippen LogP contribution is -2.10. The first-order valence-electron chi connectivity index (χ1n) is 6.27. The summed E-state index contributed by atoms with van der Waals surface area (Å²) in [4.78, 5) is 0. The van der Waals surface area contributed by atoms with Gasteiger partial charge in [-0.25, -0.2) is 0 Å². The fourth-order valence-electron chi connectivity index (χ4n) is 1.60. The summed E-state index contributed by atoms with van der Waals surface area (Å²) in [6, 6.07) is 8.14. The molecule has 1 N–H and O–H groups in total. The zero-order chi connectivity index (χ0) is 12.3. The third-order valence-electron chi connectivity index (χ3n) is 2.49. The van der Waals surface area contributed by atoms with E-state index in [9.17, 15) is 0 Å². The van der Waals surface area contributed by atoms with E-state index in [1.54, 1.807) is 0 Å². The molecule has 0 aromatic heterocycles. The molecule has 1 rings (SSSR count). The van der Waals surface area contributed by atoms with Crippen LogP contribution in [0.25, 0.3) is 0 Å². The first-order valence-corrected chi connectivity index (χ1v) is 6.27. The van der Waals surface area contributed by atoms with Gasteiger partial charge in [-0.05, 0) is 24.5 Å². The summed E-state index contributed by atoms with van der Waals surface area (Å²) in [5.74, 6) is 0.952. The van der Waals surface area contributed by atoms with Crippen molar-refractivity contribution in [2.75, 3.05) is 26.4 Å². The predicted molar refractivity (Wildman–Crippen MR) is 68.5 cm³/mol. The van der Waals surface area contributed by atoms with Crippen LogP contribution in [0.15, 0.2) is 24.3 Å². The van der Waals surface area contributed by atoms with Crippen molar-refractivity contribution < 1.29 is 14.6 Å². The number of rotatable bonds is 9. The highest BCUT2D eigenvalue weighted by Gasteiger charge is 2.01. The molecule has 1 aromatic carbocycles. The van der Waals surface area contributed by atoms with Crippen molar-refractivity contribution >= 4 is 0 Å². The van der Waals surface area contributed by atoms with E-state index in [1.165, 1.54) is 18.4 Å². The van der Waals surface area contributed by atoms with E-state index >= 15 is 0 Å². The average molecular weight is 238 g/mol. The molecule has 96 valence electrons. The Balaban J connectivity index is 2.35. The van der Waals surface area contributed by atoms with Gasteiger partial charge in [-0.2, -0.15) is 0 Å². The molecule has 0 spiro atoms. The van der Waals surface area contributed by atoms with Gasteiger partial charge in [-0.15, -0.1) is 0 Å². The fourth-order valence-corrected chi connectivity index (χ4v) is 1.60. The molecule has 0 bridgehead atoms. The standard InChI is InChI=1S/C14H22O3/c1-2-3-6-13-7-4-5-8-14(13)17-12-11-16-10-9-15/h4-5,7-8,15H,2-3,6,9-12H2,1H3. The summed E-state index contributed by atoms with van der Waals surface area (Å²) in [7, 11) is 0. The van der Waals surface area contributed by atoms with Crippen LogP contribution in [0.1, 0.15) is 25.3 Å². The van der Waals surface area contributed by atoms with Gasteiger partial charge in [0.1, 0.15) is 12.4 Å². The molecule has 0 atom stereocenters. The predicted octanol–water partition coefficient (Wildman–Crippen LogP) is 2.42. The smallest absolute Gasteiger partial charge is 0.122 e. The maximum atomic E-state index is 8.56. The number of hydrogen-bond donors (Lipinski definition) is 1. The summed E-state index contributed by atoms with van der Waals surface area (Å²) in [6.45, 7) is 3.67. The molecule has 0 aliphatic carbocycles. The van der Waals surface area contributed by atoms with Crippen molar-refractivity contribution in [1.82, 2.24) is 0 Å². The fraction of sp³-hybridized carbons (Fsp3) is 0.571. The van der Waals surface area contributed by atoms with Gasteiger partial charge >= 0.3 is 0 Å². The van der Waals surface area contributed by atoms with Crippen LogP contribution in [0.5, 0.6) is 5.75 Å². The van der Waals surface area contributed by atoms with Gasteiger partial charge in [0.05, 0.1) is 19.8 Å². The van der Waals surface area contributed by atoms with E-state index in [0.717, 1.165) is 12.2 Å². The van der Waals surface area contributed by atoms with Crippen molar-refractivity contribution in [3.63, 3.8) is 0 Å². The van der Waals surface area contributed by atoms with E-state index in [4.69, 9.17) is 14.6 Å². The molecular formula is C14H22O3. The Labute approximate surface area is 103 Å². The van der Waals surface area contributed by atoms with Gasteiger partial charge in [0.2, 0.25) is 0 Å². The molecule has 0 fully saturated rings. The minimum Gasteiger partial charge on any atom is -0.491 e. The van der Waals surface area contributed by atoms with E-state index in [1.807, 2.05) is 18.2 Å². The lowest BCUT2D eigenvalue weighted by Gasteiger charge is -2.11. The Bertz CT molecular complexity index is 299. The Hall–Kier alpha value is -1.06. The number of para-hydroxylation sites is 1. The summed E-state index contributed by atoms with van der Waals surface area (Å²) < 4.78 is 10.8. The zero-order valence-electron chi connectivity index (χ0n) is 10.5. The Morgan fingerprint density at radius 1 is 1.12 bits per heavy atom. The first kappa shape index (κ1) is 14.0. The summed E-state index contributed by atoms with van der Waals surface area (Å²) in [6.07, 6.45) is 3.43. The van der Waals surface area contributed by atoms with Crippen LogP contribution in [0.2, 0.25) is 0 Å². The van der Waals surface area contributed by atoms with Crippen LogP contribution in [-0.4, -0.2) is 31.5 Å². The summed E-state index contributed by atoms with van der Waals surface area (Å²) >= 11 is 0. The highest BCUT2D eigenvalue weighted by atomic mass is 16.5. The molecule has 0 aliphatic rings. The number of ether oxygens (including phenoxy) is 2. The summed E-state index contributed by atoms with van der Waals surface area (Å²) in [5, 5.41) is 8.56. The molecule has 0 amide bonds. The van der Waals surface area contributed by atoms with E-state index in [0.29, 0.717) is 19.8 Å². The van der Waals surface area contributed by atoms with Crippen molar-refractivity contribution in [2.45, 2.75) is 26.2 Å². The first-order chi connectivity index (χ1) is 8.38. The van der Waals surface area contributed by atoms with Crippen molar-refractivity contribution in [3.05, 3.63) is 29.8 Å². The Morgan fingerprint density at radius 3 is 2.71 bits per heavy atom. The van der Waals surface area contributed by atoms with Crippen LogP contribution < -0.4 is 4.74 Å². The quantitative estimate of drug-likeness (QED) is 0.671. The molecule has 0 heterocycles. The molecule has 1 aromatic rings. The molecule has 0 saturated carbocycles. The van der Waals surface area contributed by atoms with E-state index < -0.39 is 0 Å². The minimum absolute atomic E-state index is 0.0626. The number of aliphatic hydroxyl groups is 1. The second-order valence-corrected chi connectivity index (χ2v) is 3.90. The van der Waals surface area contributed by atoms with Gasteiger partial charge in [0.25, 0.3) is 0 Å². The molecule has 0 radical (unpaired) electrons. The number of unbranched alkanes of at least 4 members (excludes halogenated alkanes) is 1. The lowest BCUT2D eigenvalue weighted by atomic mass is 10.1. The number of aryl methyl sites for hydroxylation is 1. The van der Waals surface area contributed by atoms with Crippen molar-refractivity contribution in [2.24, 2.45) is 0 Å². The molecule has 17 heavy (non-hydrogen) atoms. The topological polar surface area (TPSA) is 38.7 Å². The zero-order valence-corrected chi connectivity index (χ0v) is 10.5. The largest absolute Gasteiger partial charge is 0.491 e. The average Bonchev–Trinajstić information content (AvgIpc) is 2.37. The number of hydrogen-bond acceptors (Lipinski definition) is 3. The monoisotopic (exact) mass is 238 g/mol. The second kappa shape index (κ2) is 9.02. The van der Waals surface area contributed by atoms with E-state index in [2.05, 4.69) is 13.0 Å².